The largest absolute Gasteiger partial charge is 0.350 e. The zero-order chi connectivity index (χ0) is 21.4. The van der Waals surface area contributed by atoms with E-state index in [0.717, 1.165) is 16.0 Å². The summed E-state index contributed by atoms with van der Waals surface area (Å²) in [7, 11) is 0. The fraction of sp³-hybridized carbons (Fsp3) is 0.0833. The molecule has 4 rings (SSSR count). The fourth-order valence-electron chi connectivity index (χ4n) is 3.38. The Labute approximate surface area is 172 Å². The summed E-state index contributed by atoms with van der Waals surface area (Å²) in [6.07, 6.45) is 0. The lowest BCUT2D eigenvalue weighted by molar-refractivity contribution is -0.120. The van der Waals surface area contributed by atoms with Crippen LogP contribution in [-0.2, 0) is 9.59 Å². The molecular formula is C24H18F2N2O2. The molecule has 0 bridgehead atoms. The molecule has 1 heterocycles. The third-order valence-electron chi connectivity index (χ3n) is 5.17. The molecule has 6 heteroatoms. The standard InChI is InChI=1S/C24H18F2N2O2/c1-14-4-3-5-20(15(14)2)27-22-21(16-6-8-17(25)9-7-16)23(29)28(24(22)30)19-12-10-18(26)11-13-19/h3-13,27H,1-2H3. The smallest absolute Gasteiger partial charge is 0.282 e. The van der Waals surface area contributed by atoms with E-state index in [1.807, 2.05) is 32.0 Å². The Morgan fingerprint density at radius 2 is 1.37 bits per heavy atom. The average molecular weight is 404 g/mol. The van der Waals surface area contributed by atoms with Gasteiger partial charge in [0.15, 0.2) is 0 Å². The molecule has 30 heavy (non-hydrogen) atoms. The van der Waals surface area contributed by atoms with E-state index in [0.29, 0.717) is 11.3 Å². The van der Waals surface area contributed by atoms with Gasteiger partial charge >= 0.3 is 0 Å². The second-order valence-electron chi connectivity index (χ2n) is 7.05. The van der Waals surface area contributed by atoms with Crippen LogP contribution >= 0.6 is 0 Å². The van der Waals surface area contributed by atoms with Gasteiger partial charge in [-0.15, -0.1) is 0 Å². The molecule has 2 amide bonds. The van der Waals surface area contributed by atoms with Gasteiger partial charge in [-0.2, -0.15) is 0 Å². The minimum absolute atomic E-state index is 0.0876. The van der Waals surface area contributed by atoms with Crippen LogP contribution in [-0.4, -0.2) is 11.8 Å². The molecular weight excluding hydrogens is 386 g/mol. The molecule has 150 valence electrons. The summed E-state index contributed by atoms with van der Waals surface area (Å²) in [5.41, 5.74) is 3.53. The lowest BCUT2D eigenvalue weighted by Crippen LogP contribution is -2.32. The molecule has 4 nitrogen and oxygen atoms in total. The zero-order valence-electron chi connectivity index (χ0n) is 16.4. The number of hydrogen-bond acceptors (Lipinski definition) is 3. The average Bonchev–Trinajstić information content (AvgIpc) is 2.97. The Morgan fingerprint density at radius 1 is 0.767 bits per heavy atom. The number of nitrogens with one attached hydrogen (secondary N) is 1. The number of nitrogens with zero attached hydrogens (tertiary/aromatic N) is 1. The molecule has 3 aromatic carbocycles. The first-order valence-corrected chi connectivity index (χ1v) is 9.34. The molecule has 1 N–H and O–H groups in total. The molecule has 0 saturated carbocycles. The second-order valence-corrected chi connectivity index (χ2v) is 7.05. The highest BCUT2D eigenvalue weighted by molar-refractivity contribution is 6.46. The molecule has 0 spiro atoms. The van der Waals surface area contributed by atoms with Gasteiger partial charge in [0.05, 0.1) is 11.3 Å². The maximum Gasteiger partial charge on any atom is 0.282 e. The second kappa shape index (κ2) is 7.55. The van der Waals surface area contributed by atoms with Crippen LogP contribution in [0.25, 0.3) is 5.57 Å². The number of benzene rings is 3. The quantitative estimate of drug-likeness (QED) is 0.624. The van der Waals surface area contributed by atoms with E-state index < -0.39 is 23.4 Å². The summed E-state index contributed by atoms with van der Waals surface area (Å²) < 4.78 is 26.8. The van der Waals surface area contributed by atoms with Gasteiger partial charge in [0.25, 0.3) is 11.8 Å². The maximum absolute atomic E-state index is 13.4. The number of carbonyl (C=O) groups is 2. The van der Waals surface area contributed by atoms with Gasteiger partial charge in [0, 0.05) is 5.69 Å². The molecule has 0 aliphatic carbocycles. The summed E-state index contributed by atoms with van der Waals surface area (Å²) in [5, 5.41) is 3.10. The molecule has 1 aliphatic heterocycles. The topological polar surface area (TPSA) is 49.4 Å². The predicted octanol–water partition coefficient (Wildman–Crippen LogP) is 4.98. The van der Waals surface area contributed by atoms with E-state index in [4.69, 9.17) is 0 Å². The number of imide groups is 1. The van der Waals surface area contributed by atoms with Crippen LogP contribution in [0.4, 0.5) is 20.2 Å². The first kappa shape index (κ1) is 19.5. The number of amides is 2. The lowest BCUT2D eigenvalue weighted by atomic mass is 10.0. The normalized spacial score (nSPS) is 13.9. The van der Waals surface area contributed by atoms with E-state index >= 15 is 0 Å². The number of aryl methyl sites for hydroxylation is 1. The molecule has 0 radical (unpaired) electrons. The first-order chi connectivity index (χ1) is 14.4. The number of halogens is 2. The molecule has 3 aromatic rings. The summed E-state index contributed by atoms with van der Waals surface area (Å²) in [4.78, 5) is 27.5. The molecule has 0 saturated heterocycles. The molecule has 0 unspecified atom stereocenters. The van der Waals surface area contributed by atoms with Crippen LogP contribution in [0.1, 0.15) is 16.7 Å². The highest BCUT2D eigenvalue weighted by Crippen LogP contribution is 2.34. The van der Waals surface area contributed by atoms with Crippen molar-refractivity contribution in [3.63, 3.8) is 0 Å². The van der Waals surface area contributed by atoms with Crippen molar-refractivity contribution in [2.75, 3.05) is 10.2 Å². The molecule has 0 atom stereocenters. The number of hydrogen-bond donors (Lipinski definition) is 1. The van der Waals surface area contributed by atoms with Crippen molar-refractivity contribution >= 4 is 28.8 Å². The highest BCUT2D eigenvalue weighted by Gasteiger charge is 2.40. The van der Waals surface area contributed by atoms with Gasteiger partial charge in [0.2, 0.25) is 0 Å². The zero-order valence-corrected chi connectivity index (χ0v) is 16.4. The molecule has 1 aliphatic rings. The van der Waals surface area contributed by atoms with Crippen molar-refractivity contribution in [1.82, 2.24) is 0 Å². The fourth-order valence-corrected chi connectivity index (χ4v) is 3.38. The SMILES string of the molecule is Cc1cccc(NC2=C(c3ccc(F)cc3)C(=O)N(c3ccc(F)cc3)C2=O)c1C. The van der Waals surface area contributed by atoms with Crippen LogP contribution in [0.2, 0.25) is 0 Å². The van der Waals surface area contributed by atoms with Crippen molar-refractivity contribution in [2.24, 2.45) is 0 Å². The summed E-state index contributed by atoms with van der Waals surface area (Å²) in [6.45, 7) is 3.86. The lowest BCUT2D eigenvalue weighted by Gasteiger charge is -2.16. The number of carbonyl (C=O) groups excluding carboxylic acids is 2. The molecule has 0 fully saturated rings. The van der Waals surface area contributed by atoms with E-state index in [1.165, 1.54) is 48.5 Å². The van der Waals surface area contributed by atoms with Gasteiger partial charge < -0.3 is 5.32 Å². The van der Waals surface area contributed by atoms with Crippen LogP contribution in [0.3, 0.4) is 0 Å². The summed E-state index contributed by atoms with van der Waals surface area (Å²) >= 11 is 0. The van der Waals surface area contributed by atoms with Gasteiger partial charge in [0.1, 0.15) is 17.3 Å². The third kappa shape index (κ3) is 3.37. The minimum atomic E-state index is -0.564. The van der Waals surface area contributed by atoms with Crippen LogP contribution < -0.4 is 10.2 Å². The van der Waals surface area contributed by atoms with Crippen molar-refractivity contribution in [2.45, 2.75) is 13.8 Å². The Kier molecular flexibility index (Phi) is 4.91. The highest BCUT2D eigenvalue weighted by atomic mass is 19.1. The van der Waals surface area contributed by atoms with Crippen LogP contribution in [0.5, 0.6) is 0 Å². The van der Waals surface area contributed by atoms with E-state index in [1.54, 1.807) is 0 Å². The van der Waals surface area contributed by atoms with Crippen molar-refractivity contribution < 1.29 is 18.4 Å². The van der Waals surface area contributed by atoms with Gasteiger partial charge in [-0.05, 0) is 73.0 Å². The van der Waals surface area contributed by atoms with Gasteiger partial charge in [-0.3, -0.25) is 9.59 Å². The maximum atomic E-state index is 13.4. The predicted molar refractivity (Wildman–Crippen MR) is 112 cm³/mol. The monoisotopic (exact) mass is 404 g/mol. The number of rotatable bonds is 4. The first-order valence-electron chi connectivity index (χ1n) is 9.34. The summed E-state index contributed by atoms with van der Waals surface area (Å²) in [6, 6.07) is 16.1. The number of anilines is 2. The Hall–Kier alpha value is -3.80. The third-order valence-corrected chi connectivity index (χ3v) is 5.17. The Morgan fingerprint density at radius 3 is 2.00 bits per heavy atom. The van der Waals surface area contributed by atoms with E-state index in [2.05, 4.69) is 5.32 Å². The van der Waals surface area contributed by atoms with Crippen molar-refractivity contribution in [1.29, 1.82) is 0 Å². The van der Waals surface area contributed by atoms with E-state index in [-0.39, 0.29) is 17.0 Å². The Bertz CT molecular complexity index is 1180. The van der Waals surface area contributed by atoms with Crippen LogP contribution in [0.15, 0.2) is 72.4 Å². The van der Waals surface area contributed by atoms with Crippen molar-refractivity contribution in [3.05, 3.63) is 101 Å². The summed E-state index contributed by atoms with van der Waals surface area (Å²) in [5.74, 6) is -2.05. The van der Waals surface area contributed by atoms with Crippen molar-refractivity contribution in [3.8, 4) is 0 Å². The Balaban J connectivity index is 1.84. The van der Waals surface area contributed by atoms with E-state index in [9.17, 15) is 18.4 Å². The minimum Gasteiger partial charge on any atom is -0.350 e. The van der Waals surface area contributed by atoms with Crippen LogP contribution in [0, 0.1) is 25.5 Å². The van der Waals surface area contributed by atoms with Gasteiger partial charge in [-0.25, -0.2) is 13.7 Å². The van der Waals surface area contributed by atoms with Gasteiger partial charge in [-0.1, -0.05) is 24.3 Å². The molecule has 0 aromatic heterocycles.